The van der Waals surface area contributed by atoms with Gasteiger partial charge in [-0.25, -0.2) is 24.0 Å². The van der Waals surface area contributed by atoms with Gasteiger partial charge in [0.05, 0.1) is 18.0 Å². The van der Waals surface area contributed by atoms with Crippen molar-refractivity contribution in [1.29, 1.82) is 0 Å². The van der Waals surface area contributed by atoms with Crippen molar-refractivity contribution in [2.24, 2.45) is 0 Å². The zero-order valence-corrected chi connectivity index (χ0v) is 17.0. The van der Waals surface area contributed by atoms with E-state index in [0.29, 0.717) is 39.9 Å². The van der Waals surface area contributed by atoms with E-state index in [-0.39, 0.29) is 12.4 Å². The molecule has 156 valence electrons. The third kappa shape index (κ3) is 2.92. The van der Waals surface area contributed by atoms with Crippen molar-refractivity contribution >= 4 is 29.0 Å². The van der Waals surface area contributed by atoms with Crippen molar-refractivity contribution < 1.29 is 9.18 Å². The summed E-state index contributed by atoms with van der Waals surface area (Å²) >= 11 is 0. The normalized spacial score (nSPS) is 16.8. The van der Waals surface area contributed by atoms with Crippen LogP contribution in [0.25, 0.3) is 22.6 Å². The van der Waals surface area contributed by atoms with E-state index in [1.807, 2.05) is 19.9 Å². The number of hydrogen-bond acceptors (Lipinski definition) is 7. The monoisotopic (exact) mass is 417 g/mol. The average Bonchev–Trinajstić information content (AvgIpc) is 3.24. The van der Waals surface area contributed by atoms with Crippen molar-refractivity contribution in [3.05, 3.63) is 59.5 Å². The number of nitrogens with two attached hydrogens (primary N) is 1. The lowest BCUT2D eigenvalue weighted by atomic mass is 9.82. The van der Waals surface area contributed by atoms with Crippen LogP contribution in [0.1, 0.15) is 25.0 Å². The number of nitrogens with one attached hydrogen (secondary N) is 1. The number of halogens is 1. The maximum atomic E-state index is 14.2. The van der Waals surface area contributed by atoms with Gasteiger partial charge in [-0.2, -0.15) is 5.10 Å². The maximum Gasteiger partial charge on any atom is 0.184 e. The molecule has 0 aliphatic carbocycles. The molecule has 9 heteroatoms. The van der Waals surface area contributed by atoms with Crippen LogP contribution in [-0.2, 0) is 16.8 Å². The Morgan fingerprint density at radius 3 is 2.81 bits per heavy atom. The fourth-order valence-corrected chi connectivity index (χ4v) is 4.08. The molecule has 0 amide bonds. The van der Waals surface area contributed by atoms with E-state index in [1.165, 1.54) is 6.07 Å². The zero-order chi connectivity index (χ0) is 21.8. The SMILES string of the molecule is CC1(C)c2c(N)nc(-c3nn(Cc4ccccc4F)c4ncccc34)nc2NC1C=O. The fraction of sp³-hybridized carbons (Fsp3) is 0.227. The molecule has 3 aromatic heterocycles. The summed E-state index contributed by atoms with van der Waals surface area (Å²) in [7, 11) is 0. The van der Waals surface area contributed by atoms with Crippen LogP contribution in [0, 0.1) is 5.82 Å². The lowest BCUT2D eigenvalue weighted by molar-refractivity contribution is -0.109. The molecular weight excluding hydrogens is 397 g/mol. The third-order valence-corrected chi connectivity index (χ3v) is 5.78. The van der Waals surface area contributed by atoms with E-state index in [1.54, 1.807) is 35.1 Å². The molecule has 0 fully saturated rings. The van der Waals surface area contributed by atoms with E-state index in [0.717, 1.165) is 11.7 Å². The number of pyridine rings is 1. The Morgan fingerprint density at radius 1 is 1.23 bits per heavy atom. The van der Waals surface area contributed by atoms with Gasteiger partial charge in [0, 0.05) is 22.7 Å². The number of anilines is 2. The molecule has 0 saturated heterocycles. The van der Waals surface area contributed by atoms with Gasteiger partial charge < -0.3 is 15.8 Å². The van der Waals surface area contributed by atoms with Crippen LogP contribution in [0.4, 0.5) is 16.0 Å². The van der Waals surface area contributed by atoms with Gasteiger partial charge in [-0.1, -0.05) is 32.0 Å². The van der Waals surface area contributed by atoms with Crippen molar-refractivity contribution in [3.8, 4) is 11.5 Å². The van der Waals surface area contributed by atoms with Gasteiger partial charge in [-0.05, 0) is 18.2 Å². The van der Waals surface area contributed by atoms with Gasteiger partial charge in [0.1, 0.15) is 29.4 Å². The van der Waals surface area contributed by atoms with Gasteiger partial charge in [0.2, 0.25) is 0 Å². The second-order valence-corrected chi connectivity index (χ2v) is 8.11. The number of carbonyl (C=O) groups excluding carboxylic acids is 1. The highest BCUT2D eigenvalue weighted by Gasteiger charge is 2.43. The quantitative estimate of drug-likeness (QED) is 0.491. The molecule has 1 aromatic carbocycles. The standard InChI is InChI=1S/C22H20FN7O/c1-22(2)15(11-31)26-19-16(22)18(24)27-20(28-19)17-13-7-5-9-25-21(13)30(29-17)10-12-6-3-4-8-14(12)23/h3-9,11,15H,10H2,1-2H3,(H3,24,26,27,28). The van der Waals surface area contributed by atoms with Crippen LogP contribution in [-0.4, -0.2) is 37.1 Å². The number of hydrogen-bond donors (Lipinski definition) is 2. The average molecular weight is 417 g/mol. The van der Waals surface area contributed by atoms with Crippen LogP contribution in [0.2, 0.25) is 0 Å². The summed E-state index contributed by atoms with van der Waals surface area (Å²) in [6.07, 6.45) is 2.51. The van der Waals surface area contributed by atoms with Crippen LogP contribution < -0.4 is 11.1 Å². The summed E-state index contributed by atoms with van der Waals surface area (Å²) in [5, 5.41) is 8.50. The Labute approximate surface area is 177 Å². The molecule has 0 radical (unpaired) electrons. The van der Waals surface area contributed by atoms with Gasteiger partial charge in [-0.15, -0.1) is 0 Å². The Morgan fingerprint density at radius 2 is 2.03 bits per heavy atom. The molecule has 5 rings (SSSR count). The molecule has 4 heterocycles. The smallest absolute Gasteiger partial charge is 0.184 e. The summed E-state index contributed by atoms with van der Waals surface area (Å²) in [5.74, 6) is 0.817. The van der Waals surface area contributed by atoms with Crippen LogP contribution >= 0.6 is 0 Å². The van der Waals surface area contributed by atoms with Crippen molar-refractivity contribution in [2.45, 2.75) is 31.8 Å². The fourth-order valence-electron chi connectivity index (χ4n) is 4.08. The molecule has 8 nitrogen and oxygen atoms in total. The minimum atomic E-state index is -0.534. The van der Waals surface area contributed by atoms with E-state index in [4.69, 9.17) is 5.73 Å². The molecule has 0 saturated carbocycles. The van der Waals surface area contributed by atoms with E-state index in [2.05, 4.69) is 25.4 Å². The topological polar surface area (TPSA) is 112 Å². The number of aromatic nitrogens is 5. The first-order valence-corrected chi connectivity index (χ1v) is 9.85. The highest BCUT2D eigenvalue weighted by molar-refractivity contribution is 5.90. The first kappa shape index (κ1) is 19.1. The zero-order valence-electron chi connectivity index (χ0n) is 17.0. The summed E-state index contributed by atoms with van der Waals surface area (Å²) in [6, 6.07) is 9.75. The molecule has 1 aliphatic rings. The van der Waals surface area contributed by atoms with Crippen LogP contribution in [0.3, 0.4) is 0 Å². The number of aldehydes is 1. The molecular formula is C22H20FN7O. The first-order chi connectivity index (χ1) is 14.9. The summed E-state index contributed by atoms with van der Waals surface area (Å²) in [4.78, 5) is 25.1. The first-order valence-electron chi connectivity index (χ1n) is 9.85. The second kappa shape index (κ2) is 6.83. The number of fused-ring (bicyclic) bond motifs is 2. The Balaban J connectivity index is 1.65. The highest BCUT2D eigenvalue weighted by atomic mass is 19.1. The molecule has 31 heavy (non-hydrogen) atoms. The van der Waals surface area contributed by atoms with Gasteiger partial charge in [-0.3, -0.25) is 0 Å². The number of carbonyl (C=O) groups is 1. The molecule has 3 N–H and O–H groups in total. The molecule has 1 aliphatic heterocycles. The Bertz CT molecular complexity index is 1330. The lowest BCUT2D eigenvalue weighted by Crippen LogP contribution is -2.34. The van der Waals surface area contributed by atoms with Crippen molar-refractivity contribution in [2.75, 3.05) is 11.1 Å². The molecule has 1 atom stereocenters. The largest absolute Gasteiger partial charge is 0.383 e. The molecule has 0 spiro atoms. The molecule has 1 unspecified atom stereocenters. The Kier molecular flexibility index (Phi) is 4.21. The minimum Gasteiger partial charge on any atom is -0.383 e. The number of rotatable bonds is 4. The molecule has 4 aromatic rings. The second-order valence-electron chi connectivity index (χ2n) is 8.11. The predicted octanol–water partition coefficient (Wildman–Crippen LogP) is 2.93. The summed E-state index contributed by atoms with van der Waals surface area (Å²) < 4.78 is 15.8. The lowest BCUT2D eigenvalue weighted by Gasteiger charge is -2.23. The minimum absolute atomic E-state index is 0.207. The number of nitrogens with zero attached hydrogens (tertiary/aromatic N) is 5. The Hall–Kier alpha value is -3.88. The number of benzene rings is 1. The molecule has 0 bridgehead atoms. The van der Waals surface area contributed by atoms with Crippen molar-refractivity contribution in [1.82, 2.24) is 24.7 Å². The van der Waals surface area contributed by atoms with Gasteiger partial charge in [0.25, 0.3) is 0 Å². The van der Waals surface area contributed by atoms with Crippen LogP contribution in [0.15, 0.2) is 42.6 Å². The van der Waals surface area contributed by atoms with Gasteiger partial charge >= 0.3 is 0 Å². The number of nitrogen functional groups attached to an aromatic ring is 1. The van der Waals surface area contributed by atoms with Crippen molar-refractivity contribution in [3.63, 3.8) is 0 Å². The summed E-state index contributed by atoms with van der Waals surface area (Å²) in [6.45, 7) is 4.05. The van der Waals surface area contributed by atoms with Crippen LogP contribution in [0.5, 0.6) is 0 Å². The third-order valence-electron chi connectivity index (χ3n) is 5.78. The summed E-state index contributed by atoms with van der Waals surface area (Å²) in [5.41, 5.74) is 8.04. The van der Waals surface area contributed by atoms with E-state index < -0.39 is 11.5 Å². The van der Waals surface area contributed by atoms with Gasteiger partial charge in [0.15, 0.2) is 11.5 Å². The predicted molar refractivity (Wildman–Crippen MR) is 115 cm³/mol. The maximum absolute atomic E-state index is 14.2. The van der Waals surface area contributed by atoms with E-state index in [9.17, 15) is 9.18 Å². The highest BCUT2D eigenvalue weighted by Crippen LogP contribution is 2.43. The van der Waals surface area contributed by atoms with E-state index >= 15 is 0 Å².